The van der Waals surface area contributed by atoms with Crippen molar-refractivity contribution in [1.29, 1.82) is 0 Å². The maximum atomic E-state index is 11.4. The molecule has 1 aliphatic heterocycles. The van der Waals surface area contributed by atoms with E-state index in [0.29, 0.717) is 5.69 Å². The number of carbonyl (C=O) groups excluding carboxylic acids is 1. The molecule has 0 aromatic heterocycles. The molecule has 0 saturated carbocycles. The predicted octanol–water partition coefficient (Wildman–Crippen LogP) is 2.51. The summed E-state index contributed by atoms with van der Waals surface area (Å²) in [7, 11) is -0.421. The number of carbonyl (C=O) groups is 1. The first-order valence-corrected chi connectivity index (χ1v) is 8.16. The molecule has 0 amide bonds. The fourth-order valence-corrected chi connectivity index (χ4v) is 2.14. The van der Waals surface area contributed by atoms with Crippen LogP contribution in [0.2, 0.25) is 0 Å². The van der Waals surface area contributed by atoms with Crippen molar-refractivity contribution in [3.05, 3.63) is 24.3 Å². The molecule has 8 heteroatoms. The Hall–Kier alpha value is -1.57. The van der Waals surface area contributed by atoms with Crippen molar-refractivity contribution in [2.24, 2.45) is 5.10 Å². The minimum absolute atomic E-state index is 0.243. The van der Waals surface area contributed by atoms with Crippen LogP contribution in [0.4, 0.5) is 5.69 Å². The van der Waals surface area contributed by atoms with Gasteiger partial charge in [0.1, 0.15) is 0 Å². The number of anilines is 1. The van der Waals surface area contributed by atoms with Crippen LogP contribution in [-0.2, 0) is 18.8 Å². The van der Waals surface area contributed by atoms with E-state index in [0.717, 1.165) is 5.46 Å². The van der Waals surface area contributed by atoms with Gasteiger partial charge < -0.3 is 14.0 Å². The van der Waals surface area contributed by atoms with Gasteiger partial charge in [0, 0.05) is 0 Å². The minimum atomic E-state index is -0.666. The molecule has 0 spiro atoms. The Morgan fingerprint density at radius 1 is 1.21 bits per heavy atom. The van der Waals surface area contributed by atoms with Gasteiger partial charge in [-0.05, 0) is 52.2 Å². The molecule has 0 aliphatic carbocycles. The van der Waals surface area contributed by atoms with E-state index in [1.165, 1.54) is 0 Å². The van der Waals surface area contributed by atoms with Crippen molar-refractivity contribution >= 4 is 41.0 Å². The fraction of sp³-hybridized carbons (Fsp3) is 0.500. The van der Waals surface area contributed by atoms with Gasteiger partial charge in [0.2, 0.25) is 5.17 Å². The summed E-state index contributed by atoms with van der Waals surface area (Å²) in [6.07, 6.45) is 0. The lowest BCUT2D eigenvalue weighted by molar-refractivity contribution is -0.134. The number of hydrogen-bond donors (Lipinski definition) is 1. The second-order valence-electron chi connectivity index (χ2n) is 6.45. The van der Waals surface area contributed by atoms with Gasteiger partial charge in [-0.15, -0.1) is 0 Å². The summed E-state index contributed by atoms with van der Waals surface area (Å²) in [4.78, 5) is 11.4. The van der Waals surface area contributed by atoms with Gasteiger partial charge in [-0.3, -0.25) is 5.43 Å². The van der Waals surface area contributed by atoms with E-state index >= 15 is 0 Å². The van der Waals surface area contributed by atoms with Gasteiger partial charge in [0.25, 0.3) is 0 Å². The number of rotatable bonds is 5. The maximum Gasteiger partial charge on any atom is 0.494 e. The number of halogens is 1. The van der Waals surface area contributed by atoms with E-state index in [1.807, 2.05) is 39.8 Å². The van der Waals surface area contributed by atoms with Crippen LogP contribution in [0.3, 0.4) is 0 Å². The molecule has 24 heavy (non-hydrogen) atoms. The van der Waals surface area contributed by atoms with Crippen LogP contribution in [0.15, 0.2) is 29.4 Å². The second kappa shape index (κ2) is 7.13. The van der Waals surface area contributed by atoms with Crippen LogP contribution in [0.1, 0.15) is 34.6 Å². The summed E-state index contributed by atoms with van der Waals surface area (Å²) in [6, 6.07) is 7.36. The highest BCUT2D eigenvalue weighted by atomic mass is 35.5. The SMILES string of the molecule is CCOC(=O)/C(Cl)=N\Nc1ccc(B2OC(C)(C)C(C)(C)O2)cc1. The normalized spacial score (nSPS) is 19.2. The number of ether oxygens (including phenoxy) is 1. The maximum absolute atomic E-state index is 11.4. The van der Waals surface area contributed by atoms with E-state index in [1.54, 1.807) is 19.1 Å². The van der Waals surface area contributed by atoms with E-state index in [-0.39, 0.29) is 23.0 Å². The average Bonchev–Trinajstić information content (AvgIpc) is 2.74. The molecule has 0 bridgehead atoms. The van der Waals surface area contributed by atoms with Gasteiger partial charge >= 0.3 is 13.1 Å². The van der Waals surface area contributed by atoms with E-state index in [2.05, 4.69) is 10.5 Å². The first kappa shape index (κ1) is 18.8. The molecule has 1 aromatic carbocycles. The van der Waals surface area contributed by atoms with Crippen molar-refractivity contribution in [1.82, 2.24) is 0 Å². The Morgan fingerprint density at radius 2 is 1.75 bits per heavy atom. The summed E-state index contributed by atoms with van der Waals surface area (Å²) in [5, 5.41) is 3.52. The highest BCUT2D eigenvalue weighted by Gasteiger charge is 2.51. The van der Waals surface area contributed by atoms with E-state index < -0.39 is 13.1 Å². The van der Waals surface area contributed by atoms with Crippen molar-refractivity contribution in [2.45, 2.75) is 45.8 Å². The highest BCUT2D eigenvalue weighted by Crippen LogP contribution is 2.36. The molecule has 6 nitrogen and oxygen atoms in total. The van der Waals surface area contributed by atoms with Crippen LogP contribution >= 0.6 is 11.6 Å². The first-order valence-electron chi connectivity index (χ1n) is 7.78. The molecule has 1 saturated heterocycles. The Balaban J connectivity index is 2.02. The van der Waals surface area contributed by atoms with Crippen molar-refractivity contribution in [2.75, 3.05) is 12.0 Å². The fourth-order valence-electron chi connectivity index (χ4n) is 2.04. The predicted molar refractivity (Wildman–Crippen MR) is 95.7 cm³/mol. The number of hydrogen-bond acceptors (Lipinski definition) is 6. The quantitative estimate of drug-likeness (QED) is 0.382. The standard InChI is InChI=1S/C16H22BClN2O4/c1-6-22-14(21)13(18)20-19-12-9-7-11(8-10-12)17-23-15(2,3)16(4,5)24-17/h7-10,19H,6H2,1-5H3/b20-13+. The lowest BCUT2D eigenvalue weighted by atomic mass is 9.79. The average molecular weight is 353 g/mol. The lowest BCUT2D eigenvalue weighted by Crippen LogP contribution is -2.41. The topological polar surface area (TPSA) is 69.2 Å². The number of hydrazone groups is 1. The molecule has 0 atom stereocenters. The van der Waals surface area contributed by atoms with Crippen molar-refractivity contribution in [3.8, 4) is 0 Å². The smallest absolute Gasteiger partial charge is 0.461 e. The highest BCUT2D eigenvalue weighted by molar-refractivity contribution is 6.82. The molecule has 1 N–H and O–H groups in total. The summed E-state index contributed by atoms with van der Waals surface area (Å²) in [5.74, 6) is -0.666. The molecule has 130 valence electrons. The number of nitrogens with zero attached hydrogens (tertiary/aromatic N) is 1. The third kappa shape index (κ3) is 4.09. The van der Waals surface area contributed by atoms with E-state index in [9.17, 15) is 4.79 Å². The Bertz CT molecular complexity index is 615. The molecule has 2 rings (SSSR count). The first-order chi connectivity index (χ1) is 11.2. The number of esters is 1. The summed E-state index contributed by atoms with van der Waals surface area (Å²) in [5.41, 5.74) is 3.52. The van der Waals surface area contributed by atoms with Gasteiger partial charge in [0.05, 0.1) is 23.5 Å². The molecule has 0 radical (unpaired) electrons. The molecule has 0 unspecified atom stereocenters. The molecule has 1 fully saturated rings. The van der Waals surface area contributed by atoms with Crippen LogP contribution in [0.5, 0.6) is 0 Å². The summed E-state index contributed by atoms with van der Waals surface area (Å²) < 4.78 is 16.7. The Kier molecular flexibility index (Phi) is 5.57. The van der Waals surface area contributed by atoms with Gasteiger partial charge in [-0.1, -0.05) is 23.7 Å². The summed E-state index contributed by atoms with van der Waals surface area (Å²) in [6.45, 7) is 9.98. The van der Waals surface area contributed by atoms with Crippen molar-refractivity contribution < 1.29 is 18.8 Å². The largest absolute Gasteiger partial charge is 0.494 e. The van der Waals surface area contributed by atoms with Gasteiger partial charge in [-0.2, -0.15) is 5.10 Å². The molecule has 1 aromatic rings. The van der Waals surface area contributed by atoms with Crippen LogP contribution in [0.25, 0.3) is 0 Å². The Morgan fingerprint density at radius 3 is 2.25 bits per heavy atom. The number of benzene rings is 1. The zero-order chi connectivity index (χ0) is 18.0. The van der Waals surface area contributed by atoms with Crippen LogP contribution < -0.4 is 10.9 Å². The molecular weight excluding hydrogens is 330 g/mol. The summed E-state index contributed by atoms with van der Waals surface area (Å²) >= 11 is 5.73. The zero-order valence-corrected chi connectivity index (χ0v) is 15.3. The Labute approximate surface area is 147 Å². The van der Waals surface area contributed by atoms with Crippen LogP contribution in [0, 0.1) is 0 Å². The molecule has 1 aliphatic rings. The zero-order valence-electron chi connectivity index (χ0n) is 14.6. The van der Waals surface area contributed by atoms with Crippen LogP contribution in [-0.4, -0.2) is 36.1 Å². The third-order valence-electron chi connectivity index (χ3n) is 4.16. The van der Waals surface area contributed by atoms with Gasteiger partial charge in [0.15, 0.2) is 0 Å². The monoisotopic (exact) mass is 352 g/mol. The molecule has 1 heterocycles. The lowest BCUT2D eigenvalue weighted by Gasteiger charge is -2.32. The van der Waals surface area contributed by atoms with Crippen molar-refractivity contribution in [3.63, 3.8) is 0 Å². The van der Waals surface area contributed by atoms with Gasteiger partial charge in [-0.25, -0.2) is 4.79 Å². The third-order valence-corrected chi connectivity index (χ3v) is 4.40. The second-order valence-corrected chi connectivity index (χ2v) is 6.80. The van der Waals surface area contributed by atoms with E-state index in [4.69, 9.17) is 25.6 Å². The minimum Gasteiger partial charge on any atom is -0.461 e. The number of nitrogens with one attached hydrogen (secondary N) is 1. The molecular formula is C16H22BClN2O4.